The summed E-state index contributed by atoms with van der Waals surface area (Å²) < 4.78 is 23.0. The van der Waals surface area contributed by atoms with Crippen molar-refractivity contribution < 1.29 is 13.2 Å². The van der Waals surface area contributed by atoms with Gasteiger partial charge in [-0.1, -0.05) is 18.2 Å². The highest BCUT2D eigenvalue weighted by molar-refractivity contribution is 7.94. The Bertz CT molecular complexity index is 444. The van der Waals surface area contributed by atoms with Crippen molar-refractivity contribution in [2.45, 2.75) is 11.8 Å². The van der Waals surface area contributed by atoms with Gasteiger partial charge in [0, 0.05) is 5.41 Å². The molecule has 0 aliphatic carbocycles. The number of hydrogen-bond donors (Lipinski definition) is 0. The van der Waals surface area contributed by atoms with Gasteiger partial charge in [0.15, 0.2) is 15.6 Å². The van der Waals surface area contributed by atoms with E-state index in [-0.39, 0.29) is 10.7 Å². The van der Waals surface area contributed by atoms with E-state index in [9.17, 15) is 13.2 Å². The number of carbonyl (C=O) groups is 1. The van der Waals surface area contributed by atoms with E-state index < -0.39 is 9.84 Å². The number of sulfone groups is 1. The van der Waals surface area contributed by atoms with Crippen molar-refractivity contribution >= 4 is 15.6 Å². The molecule has 74 valence electrons. The van der Waals surface area contributed by atoms with Gasteiger partial charge in [-0.25, -0.2) is 8.42 Å². The van der Waals surface area contributed by atoms with E-state index in [0.29, 0.717) is 0 Å². The molecule has 0 saturated carbocycles. The standard InChI is InChI=1S/C10H10O3S/c1-9(11)7-8-14(12,13)10-5-3-2-4-6-10/h2-8H,1H3/b8-7-. The molecule has 1 aromatic carbocycles. The van der Waals surface area contributed by atoms with E-state index >= 15 is 0 Å². The minimum Gasteiger partial charge on any atom is -0.295 e. The zero-order chi connectivity index (χ0) is 10.6. The molecule has 0 fully saturated rings. The number of hydrogen-bond acceptors (Lipinski definition) is 3. The molecule has 14 heavy (non-hydrogen) atoms. The van der Waals surface area contributed by atoms with E-state index in [1.54, 1.807) is 18.2 Å². The van der Waals surface area contributed by atoms with Crippen LogP contribution in [0.1, 0.15) is 6.92 Å². The van der Waals surface area contributed by atoms with Crippen LogP contribution < -0.4 is 0 Å². The molecule has 0 amide bonds. The Morgan fingerprint density at radius 3 is 2.29 bits per heavy atom. The Kier molecular flexibility index (Phi) is 3.19. The molecule has 0 aliphatic heterocycles. The second-order valence-electron chi connectivity index (χ2n) is 2.77. The summed E-state index contributed by atoms with van der Waals surface area (Å²) in [5, 5.41) is 0.921. The number of allylic oxidation sites excluding steroid dienone is 1. The summed E-state index contributed by atoms with van der Waals surface area (Å²) in [5.74, 6) is -0.287. The fourth-order valence-electron chi connectivity index (χ4n) is 0.874. The summed E-state index contributed by atoms with van der Waals surface area (Å²) in [5.41, 5.74) is 0. The summed E-state index contributed by atoms with van der Waals surface area (Å²) in [4.78, 5) is 10.8. The van der Waals surface area contributed by atoms with Crippen LogP contribution in [0.3, 0.4) is 0 Å². The average Bonchev–Trinajstić information content (AvgIpc) is 2.16. The lowest BCUT2D eigenvalue weighted by Crippen LogP contribution is -1.96. The van der Waals surface area contributed by atoms with Crippen LogP contribution in [0.4, 0.5) is 0 Å². The Morgan fingerprint density at radius 1 is 1.21 bits per heavy atom. The Balaban J connectivity index is 3.05. The SMILES string of the molecule is CC(=O)/C=C\S(=O)(=O)c1ccccc1. The lowest BCUT2D eigenvalue weighted by atomic mass is 10.4. The quantitative estimate of drug-likeness (QED) is 0.711. The van der Waals surface area contributed by atoms with Gasteiger partial charge in [-0.2, -0.15) is 0 Å². The zero-order valence-electron chi connectivity index (χ0n) is 7.67. The van der Waals surface area contributed by atoms with Crippen LogP contribution in [-0.2, 0) is 14.6 Å². The lowest BCUT2D eigenvalue weighted by Gasteiger charge is -1.96. The van der Waals surface area contributed by atoms with Gasteiger partial charge in [-0.15, -0.1) is 0 Å². The number of benzene rings is 1. The van der Waals surface area contributed by atoms with Crippen molar-refractivity contribution in [3.63, 3.8) is 0 Å². The number of ketones is 1. The fourth-order valence-corrected chi connectivity index (χ4v) is 1.94. The van der Waals surface area contributed by atoms with Gasteiger partial charge < -0.3 is 0 Å². The molecule has 4 heteroatoms. The maximum atomic E-state index is 11.5. The maximum Gasteiger partial charge on any atom is 0.199 e. The van der Waals surface area contributed by atoms with Gasteiger partial charge in [0.25, 0.3) is 0 Å². The van der Waals surface area contributed by atoms with Crippen molar-refractivity contribution in [2.75, 3.05) is 0 Å². The maximum absolute atomic E-state index is 11.5. The molecule has 0 aliphatic rings. The van der Waals surface area contributed by atoms with Crippen LogP contribution in [0, 0.1) is 0 Å². The Labute approximate surface area is 83.0 Å². The van der Waals surface area contributed by atoms with Crippen molar-refractivity contribution in [1.82, 2.24) is 0 Å². The molecule has 0 bridgehead atoms. The smallest absolute Gasteiger partial charge is 0.199 e. The van der Waals surface area contributed by atoms with Crippen LogP contribution in [0.5, 0.6) is 0 Å². The first-order valence-electron chi connectivity index (χ1n) is 4.01. The van der Waals surface area contributed by atoms with Crippen molar-refractivity contribution in [3.05, 3.63) is 41.8 Å². The number of rotatable bonds is 3. The van der Waals surface area contributed by atoms with Crippen LogP contribution in [0.25, 0.3) is 0 Å². The summed E-state index contributed by atoms with van der Waals surface area (Å²) in [7, 11) is -3.46. The third kappa shape index (κ3) is 2.81. The second kappa shape index (κ2) is 4.19. The van der Waals surface area contributed by atoms with Crippen molar-refractivity contribution in [1.29, 1.82) is 0 Å². The molecule has 0 saturated heterocycles. The van der Waals surface area contributed by atoms with Crippen LogP contribution in [-0.4, -0.2) is 14.2 Å². The Morgan fingerprint density at radius 2 is 1.79 bits per heavy atom. The molecule has 0 spiro atoms. The fraction of sp³-hybridized carbons (Fsp3) is 0.100. The van der Waals surface area contributed by atoms with Gasteiger partial charge >= 0.3 is 0 Å². The Hall–Kier alpha value is -1.42. The normalized spacial score (nSPS) is 11.8. The van der Waals surface area contributed by atoms with Crippen molar-refractivity contribution in [3.8, 4) is 0 Å². The van der Waals surface area contributed by atoms with E-state index in [1.165, 1.54) is 19.1 Å². The predicted molar refractivity (Wildman–Crippen MR) is 53.4 cm³/mol. The summed E-state index contributed by atoms with van der Waals surface area (Å²) in [6.07, 6.45) is 1.04. The number of carbonyl (C=O) groups excluding carboxylic acids is 1. The molecule has 3 nitrogen and oxygen atoms in total. The predicted octanol–water partition coefficient (Wildman–Crippen LogP) is 1.56. The molecule has 0 unspecified atom stereocenters. The molecule has 0 radical (unpaired) electrons. The zero-order valence-corrected chi connectivity index (χ0v) is 8.49. The third-order valence-corrected chi connectivity index (χ3v) is 2.98. The van der Waals surface area contributed by atoms with E-state index in [2.05, 4.69) is 0 Å². The molecule has 1 rings (SSSR count). The van der Waals surface area contributed by atoms with Gasteiger partial charge in [0.2, 0.25) is 0 Å². The second-order valence-corrected chi connectivity index (χ2v) is 4.61. The van der Waals surface area contributed by atoms with Crippen molar-refractivity contribution in [2.24, 2.45) is 0 Å². The minimum absolute atomic E-state index is 0.192. The van der Waals surface area contributed by atoms with Crippen LogP contribution >= 0.6 is 0 Å². The molecule has 0 heterocycles. The largest absolute Gasteiger partial charge is 0.295 e. The first-order valence-corrected chi connectivity index (χ1v) is 5.56. The molecular formula is C10H10O3S. The molecule has 0 N–H and O–H groups in total. The third-order valence-electron chi connectivity index (χ3n) is 1.55. The van der Waals surface area contributed by atoms with E-state index in [0.717, 1.165) is 11.5 Å². The average molecular weight is 210 g/mol. The highest BCUT2D eigenvalue weighted by atomic mass is 32.2. The highest BCUT2D eigenvalue weighted by Gasteiger charge is 2.08. The van der Waals surface area contributed by atoms with Gasteiger partial charge in [0.1, 0.15) is 0 Å². The van der Waals surface area contributed by atoms with Crippen LogP contribution in [0.2, 0.25) is 0 Å². The van der Waals surface area contributed by atoms with E-state index in [1.807, 2.05) is 0 Å². The monoisotopic (exact) mass is 210 g/mol. The summed E-state index contributed by atoms with van der Waals surface area (Å²) >= 11 is 0. The van der Waals surface area contributed by atoms with Gasteiger partial charge in [-0.3, -0.25) is 4.79 Å². The van der Waals surface area contributed by atoms with Gasteiger partial charge in [-0.05, 0) is 25.1 Å². The highest BCUT2D eigenvalue weighted by Crippen LogP contribution is 2.10. The first-order chi connectivity index (χ1) is 6.52. The first kappa shape index (κ1) is 10.7. The lowest BCUT2D eigenvalue weighted by molar-refractivity contribution is -0.112. The van der Waals surface area contributed by atoms with E-state index in [4.69, 9.17) is 0 Å². The molecule has 0 atom stereocenters. The molecule has 0 aromatic heterocycles. The van der Waals surface area contributed by atoms with Gasteiger partial charge in [0.05, 0.1) is 4.90 Å². The summed E-state index contributed by atoms with van der Waals surface area (Å²) in [6.45, 7) is 1.30. The van der Waals surface area contributed by atoms with Crippen LogP contribution in [0.15, 0.2) is 46.7 Å². The molecular weight excluding hydrogens is 200 g/mol. The summed E-state index contributed by atoms with van der Waals surface area (Å²) in [6, 6.07) is 7.97. The topological polar surface area (TPSA) is 51.2 Å². The minimum atomic E-state index is -3.46. The molecule has 1 aromatic rings.